The van der Waals surface area contributed by atoms with Crippen molar-refractivity contribution in [2.75, 3.05) is 0 Å². The van der Waals surface area contributed by atoms with Crippen LogP contribution >= 0.6 is 0 Å². The van der Waals surface area contributed by atoms with E-state index in [1.165, 1.54) is 14.0 Å². The number of fused-ring (bicyclic) bond motifs is 1. The molecule has 1 aromatic carbocycles. The summed E-state index contributed by atoms with van der Waals surface area (Å²) < 4.78 is 0.963. The van der Waals surface area contributed by atoms with Crippen LogP contribution in [-0.4, -0.2) is 25.3 Å². The van der Waals surface area contributed by atoms with Gasteiger partial charge < -0.3 is 9.67 Å². The third-order valence-corrected chi connectivity index (χ3v) is 3.69. The monoisotopic (exact) mass is 347 g/mol. The van der Waals surface area contributed by atoms with Crippen molar-refractivity contribution in [3.63, 3.8) is 0 Å². The molecular formula is C15H13N3O7. The van der Waals surface area contributed by atoms with Gasteiger partial charge in [0.2, 0.25) is 0 Å². The molecular weight excluding hydrogens is 334 g/mol. The van der Waals surface area contributed by atoms with Crippen molar-refractivity contribution in [2.24, 2.45) is 7.05 Å². The Morgan fingerprint density at radius 2 is 1.72 bits per heavy atom. The van der Waals surface area contributed by atoms with Crippen LogP contribution in [0.1, 0.15) is 19.4 Å². The van der Waals surface area contributed by atoms with Crippen LogP contribution in [0.4, 0.5) is 11.4 Å². The number of aliphatic hydroxyl groups is 1. The van der Waals surface area contributed by atoms with Gasteiger partial charge in [-0.15, -0.1) is 0 Å². The number of nitro benzene ring substituents is 2. The molecule has 10 nitrogen and oxygen atoms in total. The van der Waals surface area contributed by atoms with Crippen molar-refractivity contribution in [3.05, 3.63) is 60.1 Å². The predicted molar refractivity (Wildman–Crippen MR) is 88.4 cm³/mol. The zero-order valence-corrected chi connectivity index (χ0v) is 13.5. The van der Waals surface area contributed by atoms with Gasteiger partial charge in [-0.2, -0.15) is 0 Å². The zero-order valence-electron chi connectivity index (χ0n) is 13.5. The van der Waals surface area contributed by atoms with Crippen molar-refractivity contribution >= 4 is 33.6 Å². The summed E-state index contributed by atoms with van der Waals surface area (Å²) in [4.78, 5) is 44.8. The fourth-order valence-corrected chi connectivity index (χ4v) is 2.66. The number of hydrogen-bond donors (Lipinski definition) is 1. The van der Waals surface area contributed by atoms with Crippen LogP contribution in [0.15, 0.2) is 28.8 Å². The summed E-state index contributed by atoms with van der Waals surface area (Å²) in [6, 6.07) is 2.78. The molecule has 1 heterocycles. The Kier molecular flexibility index (Phi) is 4.38. The highest BCUT2D eigenvalue weighted by atomic mass is 16.6. The van der Waals surface area contributed by atoms with E-state index in [1.807, 2.05) is 0 Å². The van der Waals surface area contributed by atoms with Crippen LogP contribution in [0.25, 0.3) is 16.5 Å². The van der Waals surface area contributed by atoms with Gasteiger partial charge in [0.05, 0.1) is 21.5 Å². The summed E-state index contributed by atoms with van der Waals surface area (Å²) in [6.07, 6.45) is 0. The van der Waals surface area contributed by atoms with E-state index in [2.05, 4.69) is 0 Å². The van der Waals surface area contributed by atoms with Gasteiger partial charge in [-0.05, 0) is 13.8 Å². The average molecular weight is 347 g/mol. The van der Waals surface area contributed by atoms with Crippen LogP contribution in [0.5, 0.6) is 0 Å². The Bertz CT molecular complexity index is 1030. The van der Waals surface area contributed by atoms with Gasteiger partial charge in [0, 0.05) is 30.1 Å². The lowest BCUT2D eigenvalue weighted by Gasteiger charge is -2.12. The molecule has 1 N–H and O–H groups in total. The number of aromatic nitrogens is 1. The number of carbonyl (C=O) groups excluding carboxylic acids is 1. The fraction of sp³-hybridized carbons (Fsp3) is 0.200. The molecule has 0 aliphatic heterocycles. The van der Waals surface area contributed by atoms with E-state index in [4.69, 9.17) is 0 Å². The number of nitrogens with zero attached hydrogens (tertiary/aromatic N) is 3. The fourth-order valence-electron chi connectivity index (χ4n) is 2.66. The van der Waals surface area contributed by atoms with Crippen LogP contribution < -0.4 is 5.56 Å². The lowest BCUT2D eigenvalue weighted by Crippen LogP contribution is -2.19. The number of hydrogen-bond acceptors (Lipinski definition) is 7. The minimum Gasteiger partial charge on any atom is -0.512 e. The average Bonchev–Trinajstić information content (AvgIpc) is 2.50. The normalized spacial score (nSPS) is 12.0. The number of benzene rings is 1. The molecule has 130 valence electrons. The molecule has 0 aliphatic carbocycles. The van der Waals surface area contributed by atoms with Gasteiger partial charge in [-0.25, -0.2) is 0 Å². The number of rotatable bonds is 4. The maximum atomic E-state index is 12.2. The maximum absolute atomic E-state index is 12.2. The number of aliphatic hydroxyl groups excluding tert-OH is 1. The first kappa shape index (κ1) is 17.8. The summed E-state index contributed by atoms with van der Waals surface area (Å²) in [5, 5.41) is 32.2. The van der Waals surface area contributed by atoms with Gasteiger partial charge in [0.25, 0.3) is 16.9 Å². The highest BCUT2D eigenvalue weighted by Crippen LogP contribution is 2.34. The predicted octanol–water partition coefficient (Wildman–Crippen LogP) is 2.23. The Hall–Kier alpha value is -3.56. The standard InChI is InChI=1S/C15H13N3O7/c1-7(19)14(8(2)20)10-6-13(21)16(3)15-11(10)4-9(17(22)23)5-12(15)18(24)25/h4-6,19H,1-3H3/b14-7-. The minimum atomic E-state index is -0.846. The molecule has 10 heteroatoms. The lowest BCUT2D eigenvalue weighted by molar-refractivity contribution is -0.393. The van der Waals surface area contributed by atoms with Crippen molar-refractivity contribution in [2.45, 2.75) is 13.8 Å². The smallest absolute Gasteiger partial charge is 0.300 e. The van der Waals surface area contributed by atoms with Gasteiger partial charge >= 0.3 is 0 Å². The maximum Gasteiger partial charge on any atom is 0.300 e. The summed E-state index contributed by atoms with van der Waals surface area (Å²) in [7, 11) is 1.27. The van der Waals surface area contributed by atoms with Gasteiger partial charge in [-0.1, -0.05) is 0 Å². The number of allylic oxidation sites excluding steroid dienone is 2. The Morgan fingerprint density at radius 3 is 2.16 bits per heavy atom. The second kappa shape index (κ2) is 6.15. The highest BCUT2D eigenvalue weighted by molar-refractivity contribution is 6.23. The molecule has 1 aromatic heterocycles. The zero-order chi connectivity index (χ0) is 19.0. The lowest BCUT2D eigenvalue weighted by atomic mass is 9.96. The number of aryl methyl sites for hydroxylation is 1. The van der Waals surface area contributed by atoms with E-state index in [0.717, 1.165) is 29.7 Å². The number of carbonyl (C=O) groups is 1. The minimum absolute atomic E-state index is 0.0541. The number of ketones is 1. The largest absolute Gasteiger partial charge is 0.512 e. The quantitative estimate of drug-likeness (QED) is 0.386. The molecule has 0 aliphatic rings. The van der Waals surface area contributed by atoms with Crippen molar-refractivity contribution in [1.82, 2.24) is 4.57 Å². The third kappa shape index (κ3) is 2.96. The van der Waals surface area contributed by atoms with E-state index in [0.29, 0.717) is 0 Å². The number of non-ortho nitro benzene ring substituents is 2. The van der Waals surface area contributed by atoms with E-state index in [1.54, 1.807) is 0 Å². The number of pyridine rings is 1. The molecule has 0 bridgehead atoms. The molecule has 0 atom stereocenters. The molecule has 0 saturated heterocycles. The Morgan fingerprint density at radius 1 is 1.12 bits per heavy atom. The van der Waals surface area contributed by atoms with E-state index >= 15 is 0 Å². The Balaban J connectivity index is 3.19. The van der Waals surface area contributed by atoms with Crippen LogP contribution in [-0.2, 0) is 11.8 Å². The second-order valence-corrected chi connectivity index (χ2v) is 5.35. The third-order valence-electron chi connectivity index (χ3n) is 3.69. The molecule has 0 amide bonds. The number of nitro groups is 2. The summed E-state index contributed by atoms with van der Waals surface area (Å²) in [5.74, 6) is -1.00. The second-order valence-electron chi connectivity index (χ2n) is 5.35. The molecule has 0 unspecified atom stereocenters. The van der Waals surface area contributed by atoms with E-state index in [9.17, 15) is 34.9 Å². The summed E-state index contributed by atoms with van der Waals surface area (Å²) in [5.41, 5.74) is -2.41. The van der Waals surface area contributed by atoms with E-state index in [-0.39, 0.29) is 22.0 Å². The van der Waals surface area contributed by atoms with Gasteiger partial charge in [-0.3, -0.25) is 29.8 Å². The van der Waals surface area contributed by atoms with Crippen molar-refractivity contribution < 1.29 is 19.7 Å². The summed E-state index contributed by atoms with van der Waals surface area (Å²) >= 11 is 0. The van der Waals surface area contributed by atoms with Crippen LogP contribution in [0, 0.1) is 20.2 Å². The molecule has 0 spiro atoms. The van der Waals surface area contributed by atoms with Gasteiger partial charge in [0.1, 0.15) is 11.3 Å². The Labute approximate surface area is 139 Å². The molecule has 2 rings (SSSR count). The first-order valence-electron chi connectivity index (χ1n) is 6.94. The number of Topliss-reactive ketones (excluding diaryl/α,β-unsaturated/α-hetero) is 1. The summed E-state index contributed by atoms with van der Waals surface area (Å²) in [6.45, 7) is 2.36. The van der Waals surface area contributed by atoms with Gasteiger partial charge in [0.15, 0.2) is 5.78 Å². The molecule has 0 fully saturated rings. The van der Waals surface area contributed by atoms with E-state index < -0.39 is 38.3 Å². The first-order chi connectivity index (χ1) is 11.6. The first-order valence-corrected chi connectivity index (χ1v) is 6.94. The van der Waals surface area contributed by atoms with Crippen molar-refractivity contribution in [3.8, 4) is 0 Å². The molecule has 0 saturated carbocycles. The van der Waals surface area contributed by atoms with Crippen molar-refractivity contribution in [1.29, 1.82) is 0 Å². The highest BCUT2D eigenvalue weighted by Gasteiger charge is 2.26. The molecule has 2 aromatic rings. The van der Waals surface area contributed by atoms with Crippen LogP contribution in [0.3, 0.4) is 0 Å². The molecule has 0 radical (unpaired) electrons. The molecule has 25 heavy (non-hydrogen) atoms. The topological polar surface area (TPSA) is 146 Å². The SMILES string of the molecule is CC(=O)/C(=C(\C)O)c1cc(=O)n(C)c2c([N+](=O)[O-])cc([N+](=O)[O-])cc12. The van der Waals surface area contributed by atoms with Crippen LogP contribution in [0.2, 0.25) is 0 Å².